The number of amides is 2. The molecule has 1 fully saturated rings. The molecule has 2 aromatic rings. The van der Waals surface area contributed by atoms with Crippen LogP contribution in [0.25, 0.3) is 11.4 Å². The van der Waals surface area contributed by atoms with Crippen LogP contribution >= 0.6 is 0 Å². The van der Waals surface area contributed by atoms with E-state index < -0.39 is 11.9 Å². The van der Waals surface area contributed by atoms with Crippen LogP contribution in [0.5, 0.6) is 0 Å². The van der Waals surface area contributed by atoms with E-state index in [-0.39, 0.29) is 17.9 Å². The highest BCUT2D eigenvalue weighted by Gasteiger charge is 2.37. The van der Waals surface area contributed by atoms with E-state index >= 15 is 0 Å². The number of nitrogens with one attached hydrogen (secondary N) is 1. The molecule has 2 atom stereocenters. The average molecular weight is 356 g/mol. The molecule has 0 aliphatic carbocycles. The first kappa shape index (κ1) is 18.0. The lowest BCUT2D eigenvalue weighted by atomic mass is 10.1. The third-order valence-corrected chi connectivity index (χ3v) is 4.70. The highest BCUT2D eigenvalue weighted by molar-refractivity contribution is 5.97. The topological polar surface area (TPSA) is 75.2 Å². The molecule has 26 heavy (non-hydrogen) atoms. The monoisotopic (exact) mass is 356 g/mol. The van der Waals surface area contributed by atoms with Crippen molar-refractivity contribution in [3.05, 3.63) is 42.0 Å². The van der Waals surface area contributed by atoms with Gasteiger partial charge < -0.3 is 10.2 Å². The zero-order valence-electron chi connectivity index (χ0n) is 15.0. The first-order valence-corrected chi connectivity index (χ1v) is 8.55. The van der Waals surface area contributed by atoms with Crippen molar-refractivity contribution in [3.8, 4) is 11.4 Å². The molecule has 6 nitrogen and oxygen atoms in total. The normalized spacial score (nSPS) is 19.5. The number of rotatable bonds is 3. The first-order valence-electron chi connectivity index (χ1n) is 8.55. The van der Waals surface area contributed by atoms with E-state index in [0.29, 0.717) is 23.5 Å². The fourth-order valence-electron chi connectivity index (χ4n) is 3.39. The molecule has 0 unspecified atom stereocenters. The van der Waals surface area contributed by atoms with Crippen LogP contribution in [0, 0.1) is 12.7 Å². The second-order valence-electron chi connectivity index (χ2n) is 6.61. The quantitative estimate of drug-likeness (QED) is 0.917. The lowest BCUT2D eigenvalue weighted by Crippen LogP contribution is -2.45. The number of nitrogens with zero attached hydrogens (tertiary/aromatic N) is 3. The summed E-state index contributed by atoms with van der Waals surface area (Å²) in [5.41, 5.74) is 2.21. The molecule has 0 radical (unpaired) electrons. The molecule has 7 heteroatoms. The summed E-state index contributed by atoms with van der Waals surface area (Å²) >= 11 is 0. The third kappa shape index (κ3) is 3.56. The zero-order valence-corrected chi connectivity index (χ0v) is 15.0. The van der Waals surface area contributed by atoms with Gasteiger partial charge in [-0.25, -0.2) is 14.4 Å². The van der Waals surface area contributed by atoms with E-state index in [0.717, 1.165) is 24.4 Å². The summed E-state index contributed by atoms with van der Waals surface area (Å²) in [5, 5.41) is 2.88. The molecule has 2 heterocycles. The van der Waals surface area contributed by atoms with Gasteiger partial charge >= 0.3 is 0 Å². The molecular formula is C19H21FN4O2. The van der Waals surface area contributed by atoms with Crippen LogP contribution in [-0.4, -0.2) is 38.8 Å². The lowest BCUT2D eigenvalue weighted by molar-refractivity contribution is -0.136. The smallest absolute Gasteiger partial charge is 0.247 e. The fraction of sp³-hybridized carbons (Fsp3) is 0.368. The minimum Gasteiger partial charge on any atom is -0.328 e. The number of halogens is 1. The molecule has 136 valence electrons. The van der Waals surface area contributed by atoms with Gasteiger partial charge in [0.2, 0.25) is 11.8 Å². The molecule has 0 bridgehead atoms. The summed E-state index contributed by atoms with van der Waals surface area (Å²) in [5.74, 6) is -0.422. The SMILES string of the molecule is CC(=O)N1[C@H](C)CC[C@H]1C(=O)Nc1ccc(C)c(-c2ncc(F)cn2)c1. The molecule has 1 aromatic heterocycles. The molecular weight excluding hydrogens is 335 g/mol. The predicted molar refractivity (Wildman–Crippen MR) is 95.8 cm³/mol. The Labute approximate surface area is 151 Å². The number of hydrogen-bond acceptors (Lipinski definition) is 4. The zero-order chi connectivity index (χ0) is 18.8. The number of carbonyl (C=O) groups excluding carboxylic acids is 2. The van der Waals surface area contributed by atoms with Crippen molar-refractivity contribution in [2.75, 3.05) is 5.32 Å². The maximum Gasteiger partial charge on any atom is 0.247 e. The van der Waals surface area contributed by atoms with Gasteiger partial charge in [0, 0.05) is 24.2 Å². The highest BCUT2D eigenvalue weighted by Crippen LogP contribution is 2.27. The number of benzene rings is 1. The summed E-state index contributed by atoms with van der Waals surface area (Å²) in [6.45, 7) is 5.33. The Morgan fingerprint density at radius 3 is 2.58 bits per heavy atom. The van der Waals surface area contributed by atoms with Crippen LogP contribution in [0.2, 0.25) is 0 Å². The average Bonchev–Trinajstić information content (AvgIpc) is 2.99. The van der Waals surface area contributed by atoms with E-state index in [1.165, 1.54) is 6.92 Å². The van der Waals surface area contributed by atoms with Gasteiger partial charge in [-0.1, -0.05) is 6.07 Å². The Morgan fingerprint density at radius 2 is 1.92 bits per heavy atom. The van der Waals surface area contributed by atoms with E-state index in [4.69, 9.17) is 0 Å². The third-order valence-electron chi connectivity index (χ3n) is 4.70. The van der Waals surface area contributed by atoms with E-state index in [2.05, 4.69) is 15.3 Å². The van der Waals surface area contributed by atoms with Crippen molar-refractivity contribution in [1.29, 1.82) is 0 Å². The van der Waals surface area contributed by atoms with Gasteiger partial charge in [-0.3, -0.25) is 9.59 Å². The van der Waals surface area contributed by atoms with Gasteiger partial charge in [0.25, 0.3) is 0 Å². The molecule has 1 aromatic carbocycles. The maximum atomic E-state index is 13.0. The molecule has 1 aliphatic heterocycles. The Balaban J connectivity index is 1.82. The molecule has 0 spiro atoms. The largest absolute Gasteiger partial charge is 0.328 e. The number of aryl methyl sites for hydroxylation is 1. The molecule has 0 saturated carbocycles. The Bertz CT molecular complexity index is 838. The van der Waals surface area contributed by atoms with Crippen molar-refractivity contribution in [1.82, 2.24) is 14.9 Å². The van der Waals surface area contributed by atoms with Crippen LogP contribution in [0.4, 0.5) is 10.1 Å². The van der Waals surface area contributed by atoms with Crippen LogP contribution in [0.1, 0.15) is 32.3 Å². The van der Waals surface area contributed by atoms with Crippen LogP contribution < -0.4 is 5.32 Å². The second-order valence-corrected chi connectivity index (χ2v) is 6.61. The van der Waals surface area contributed by atoms with Gasteiger partial charge in [0.15, 0.2) is 11.6 Å². The van der Waals surface area contributed by atoms with Gasteiger partial charge in [0.05, 0.1) is 12.4 Å². The molecule has 1 N–H and O–H groups in total. The lowest BCUT2D eigenvalue weighted by Gasteiger charge is -2.26. The second kappa shape index (κ2) is 7.19. The molecule has 1 aliphatic rings. The Kier molecular flexibility index (Phi) is 4.97. The Hall–Kier alpha value is -2.83. The van der Waals surface area contributed by atoms with Gasteiger partial charge in [-0.2, -0.15) is 0 Å². The number of anilines is 1. The van der Waals surface area contributed by atoms with Crippen LogP contribution in [0.15, 0.2) is 30.6 Å². The summed E-state index contributed by atoms with van der Waals surface area (Å²) in [6.07, 6.45) is 3.67. The van der Waals surface area contributed by atoms with Crippen molar-refractivity contribution < 1.29 is 14.0 Å². The van der Waals surface area contributed by atoms with Gasteiger partial charge in [-0.15, -0.1) is 0 Å². The van der Waals surface area contributed by atoms with Crippen molar-refractivity contribution in [2.24, 2.45) is 0 Å². The van der Waals surface area contributed by atoms with E-state index in [1.54, 1.807) is 17.0 Å². The van der Waals surface area contributed by atoms with Crippen molar-refractivity contribution >= 4 is 17.5 Å². The van der Waals surface area contributed by atoms with Crippen LogP contribution in [0.3, 0.4) is 0 Å². The fourth-order valence-corrected chi connectivity index (χ4v) is 3.39. The van der Waals surface area contributed by atoms with Gasteiger partial charge in [0.1, 0.15) is 6.04 Å². The molecule has 2 amide bonds. The Morgan fingerprint density at radius 1 is 1.23 bits per heavy atom. The predicted octanol–water partition coefficient (Wildman–Crippen LogP) is 2.93. The highest BCUT2D eigenvalue weighted by atomic mass is 19.1. The first-order chi connectivity index (χ1) is 12.4. The van der Waals surface area contributed by atoms with E-state index in [1.807, 2.05) is 19.9 Å². The minimum absolute atomic E-state index is 0.0597. The molecule has 1 saturated heterocycles. The number of aromatic nitrogens is 2. The number of likely N-dealkylation sites (tertiary alicyclic amines) is 1. The van der Waals surface area contributed by atoms with Crippen molar-refractivity contribution in [3.63, 3.8) is 0 Å². The summed E-state index contributed by atoms with van der Waals surface area (Å²) < 4.78 is 13.0. The standard InChI is InChI=1S/C19H21FN4O2/c1-11-4-6-15(8-16(11)18-21-9-14(20)10-22-18)23-19(26)17-7-5-12(2)24(17)13(3)25/h4,6,8-10,12,17H,5,7H2,1-3H3,(H,23,26)/t12-,17+/m1/s1. The van der Waals surface area contributed by atoms with Crippen LogP contribution in [-0.2, 0) is 9.59 Å². The van der Waals surface area contributed by atoms with E-state index in [9.17, 15) is 14.0 Å². The summed E-state index contributed by atoms with van der Waals surface area (Å²) in [7, 11) is 0. The summed E-state index contributed by atoms with van der Waals surface area (Å²) in [4.78, 5) is 34.1. The number of carbonyl (C=O) groups is 2. The number of hydrogen-bond donors (Lipinski definition) is 1. The minimum atomic E-state index is -0.504. The maximum absolute atomic E-state index is 13.0. The summed E-state index contributed by atoms with van der Waals surface area (Å²) in [6, 6.07) is 4.99. The van der Waals surface area contributed by atoms with Gasteiger partial charge in [-0.05, 0) is 44.4 Å². The molecule has 3 rings (SSSR count). The van der Waals surface area contributed by atoms with Crippen molar-refractivity contribution in [2.45, 2.75) is 45.7 Å².